The third-order valence-electron chi connectivity index (χ3n) is 4.66. The lowest BCUT2D eigenvalue weighted by atomic mass is 9.67. The largest absolute Gasteiger partial charge is 0.472 e. The van der Waals surface area contributed by atoms with E-state index in [1.165, 1.54) is 36.0 Å². The summed E-state index contributed by atoms with van der Waals surface area (Å²) in [7, 11) is 0. The molecule has 3 rings (SSSR count). The second kappa shape index (κ2) is 6.07. The molecule has 1 aliphatic rings. The van der Waals surface area contributed by atoms with Crippen molar-refractivity contribution < 1.29 is 4.42 Å². The summed E-state index contributed by atoms with van der Waals surface area (Å²) in [6.07, 6.45) is 8.47. The Morgan fingerprint density at radius 3 is 2.86 bits per heavy atom. The molecule has 2 aromatic rings. The van der Waals surface area contributed by atoms with Crippen LogP contribution in [0.5, 0.6) is 0 Å². The standard InChI is InChI=1S/C19H25NO/c1-15(2)20-14-19(12-16-9-11-21-13-16)10-5-7-17-6-3-4-8-18(17)19/h3-4,6,8-9,11,13,15,20H,5,7,10,12,14H2,1-2H3. The Kier molecular flexibility index (Phi) is 4.16. The van der Waals surface area contributed by atoms with Crippen molar-refractivity contribution in [1.29, 1.82) is 0 Å². The SMILES string of the molecule is CC(C)NCC1(Cc2ccoc2)CCCc2ccccc21. The van der Waals surface area contributed by atoms with Crippen molar-refractivity contribution in [2.75, 3.05) is 6.54 Å². The lowest BCUT2D eigenvalue weighted by Crippen LogP contribution is -2.44. The van der Waals surface area contributed by atoms with Crippen LogP contribution in [-0.4, -0.2) is 12.6 Å². The number of hydrogen-bond donors (Lipinski definition) is 1. The summed E-state index contributed by atoms with van der Waals surface area (Å²) in [6.45, 7) is 5.48. The van der Waals surface area contributed by atoms with E-state index in [2.05, 4.69) is 49.5 Å². The van der Waals surface area contributed by atoms with E-state index < -0.39 is 0 Å². The molecule has 1 aromatic heterocycles. The molecule has 0 saturated carbocycles. The molecule has 0 amide bonds. The van der Waals surface area contributed by atoms with Gasteiger partial charge in [0.25, 0.3) is 0 Å². The van der Waals surface area contributed by atoms with Crippen molar-refractivity contribution in [3.05, 3.63) is 59.5 Å². The number of nitrogens with one attached hydrogen (secondary N) is 1. The third kappa shape index (κ3) is 3.06. The van der Waals surface area contributed by atoms with Crippen LogP contribution in [0.25, 0.3) is 0 Å². The summed E-state index contributed by atoms with van der Waals surface area (Å²) < 4.78 is 5.29. The normalized spacial score (nSPS) is 21.5. The van der Waals surface area contributed by atoms with Crippen LogP contribution in [0, 0.1) is 0 Å². The first-order valence-electron chi connectivity index (χ1n) is 8.02. The van der Waals surface area contributed by atoms with E-state index in [0.717, 1.165) is 13.0 Å². The lowest BCUT2D eigenvalue weighted by molar-refractivity contribution is 0.324. The molecule has 1 atom stereocenters. The minimum Gasteiger partial charge on any atom is -0.472 e. The van der Waals surface area contributed by atoms with Crippen LogP contribution in [-0.2, 0) is 18.3 Å². The Bertz CT molecular complexity index is 573. The van der Waals surface area contributed by atoms with Crippen molar-refractivity contribution >= 4 is 0 Å². The van der Waals surface area contributed by atoms with Crippen molar-refractivity contribution in [1.82, 2.24) is 5.32 Å². The first-order chi connectivity index (χ1) is 10.2. The Hall–Kier alpha value is -1.54. The second-order valence-electron chi connectivity index (χ2n) is 6.64. The molecular formula is C19H25NO. The Morgan fingerprint density at radius 1 is 1.24 bits per heavy atom. The molecule has 0 saturated heterocycles. The van der Waals surface area contributed by atoms with Gasteiger partial charge in [-0.25, -0.2) is 0 Å². The maximum atomic E-state index is 5.29. The molecule has 1 unspecified atom stereocenters. The summed E-state index contributed by atoms with van der Waals surface area (Å²) in [5.74, 6) is 0. The monoisotopic (exact) mass is 283 g/mol. The van der Waals surface area contributed by atoms with Gasteiger partial charge >= 0.3 is 0 Å². The van der Waals surface area contributed by atoms with Crippen LogP contribution < -0.4 is 5.32 Å². The molecule has 0 spiro atoms. The van der Waals surface area contributed by atoms with Gasteiger partial charge in [0.1, 0.15) is 0 Å². The number of aryl methyl sites for hydroxylation is 1. The Morgan fingerprint density at radius 2 is 2.10 bits per heavy atom. The number of benzene rings is 1. The molecule has 0 fully saturated rings. The molecule has 2 nitrogen and oxygen atoms in total. The van der Waals surface area contributed by atoms with Gasteiger partial charge in [-0.1, -0.05) is 38.1 Å². The van der Waals surface area contributed by atoms with Gasteiger partial charge in [0.15, 0.2) is 0 Å². The summed E-state index contributed by atoms with van der Waals surface area (Å²) in [5.41, 5.74) is 4.56. The second-order valence-corrected chi connectivity index (χ2v) is 6.64. The Labute approximate surface area is 127 Å². The number of hydrogen-bond acceptors (Lipinski definition) is 2. The van der Waals surface area contributed by atoms with Crippen LogP contribution in [0.1, 0.15) is 43.4 Å². The van der Waals surface area contributed by atoms with Crippen molar-refractivity contribution in [2.24, 2.45) is 0 Å². The number of rotatable bonds is 5. The van der Waals surface area contributed by atoms with Crippen LogP contribution in [0.3, 0.4) is 0 Å². The van der Waals surface area contributed by atoms with Gasteiger partial charge in [-0.05, 0) is 48.4 Å². The van der Waals surface area contributed by atoms with Crippen molar-refractivity contribution in [3.63, 3.8) is 0 Å². The van der Waals surface area contributed by atoms with E-state index in [9.17, 15) is 0 Å². The predicted molar refractivity (Wildman–Crippen MR) is 86.6 cm³/mol. The summed E-state index contributed by atoms with van der Waals surface area (Å²) >= 11 is 0. The lowest BCUT2D eigenvalue weighted by Gasteiger charge is -2.40. The van der Waals surface area contributed by atoms with Gasteiger partial charge in [-0.2, -0.15) is 0 Å². The highest BCUT2D eigenvalue weighted by Crippen LogP contribution is 2.39. The van der Waals surface area contributed by atoms with E-state index >= 15 is 0 Å². The molecule has 1 aromatic carbocycles. The zero-order valence-electron chi connectivity index (χ0n) is 13.1. The molecule has 21 heavy (non-hydrogen) atoms. The van der Waals surface area contributed by atoms with Gasteiger partial charge in [0, 0.05) is 18.0 Å². The van der Waals surface area contributed by atoms with Gasteiger partial charge in [-0.15, -0.1) is 0 Å². The molecule has 1 aliphatic carbocycles. The highest BCUT2D eigenvalue weighted by Gasteiger charge is 2.36. The van der Waals surface area contributed by atoms with Gasteiger partial charge < -0.3 is 9.73 Å². The smallest absolute Gasteiger partial charge is 0.0934 e. The van der Waals surface area contributed by atoms with Crippen molar-refractivity contribution in [3.8, 4) is 0 Å². The maximum absolute atomic E-state index is 5.29. The minimum atomic E-state index is 0.197. The van der Waals surface area contributed by atoms with Gasteiger partial charge in [0.05, 0.1) is 12.5 Å². The minimum absolute atomic E-state index is 0.197. The first-order valence-corrected chi connectivity index (χ1v) is 8.02. The highest BCUT2D eigenvalue weighted by molar-refractivity contribution is 5.39. The number of furan rings is 1. The molecule has 1 heterocycles. The van der Waals surface area contributed by atoms with Crippen molar-refractivity contribution in [2.45, 2.75) is 51.0 Å². The number of fused-ring (bicyclic) bond motifs is 1. The van der Waals surface area contributed by atoms with Gasteiger partial charge in [0.2, 0.25) is 0 Å². The molecular weight excluding hydrogens is 258 g/mol. The first kappa shape index (κ1) is 14.4. The molecule has 0 radical (unpaired) electrons. The highest BCUT2D eigenvalue weighted by atomic mass is 16.3. The van der Waals surface area contributed by atoms with E-state index in [-0.39, 0.29) is 5.41 Å². The van der Waals surface area contributed by atoms with E-state index in [0.29, 0.717) is 6.04 Å². The third-order valence-corrected chi connectivity index (χ3v) is 4.66. The van der Waals surface area contributed by atoms with E-state index in [1.807, 2.05) is 6.26 Å². The molecule has 1 N–H and O–H groups in total. The topological polar surface area (TPSA) is 25.2 Å². The van der Waals surface area contributed by atoms with Crippen LogP contribution in [0.2, 0.25) is 0 Å². The Balaban J connectivity index is 1.96. The average Bonchev–Trinajstić information content (AvgIpc) is 2.98. The fraction of sp³-hybridized carbons (Fsp3) is 0.474. The molecule has 0 bridgehead atoms. The quantitative estimate of drug-likeness (QED) is 0.894. The summed E-state index contributed by atoms with van der Waals surface area (Å²) in [4.78, 5) is 0. The fourth-order valence-corrected chi connectivity index (χ4v) is 3.62. The van der Waals surface area contributed by atoms with Gasteiger partial charge in [-0.3, -0.25) is 0 Å². The molecule has 2 heteroatoms. The van der Waals surface area contributed by atoms with Crippen LogP contribution >= 0.6 is 0 Å². The average molecular weight is 283 g/mol. The fourth-order valence-electron chi connectivity index (χ4n) is 3.62. The van der Waals surface area contributed by atoms with Crippen LogP contribution in [0.15, 0.2) is 47.3 Å². The zero-order valence-corrected chi connectivity index (χ0v) is 13.1. The van der Waals surface area contributed by atoms with E-state index in [4.69, 9.17) is 4.42 Å². The summed E-state index contributed by atoms with van der Waals surface area (Å²) in [6, 6.07) is 11.6. The zero-order chi connectivity index (χ0) is 14.7. The molecule has 112 valence electrons. The van der Waals surface area contributed by atoms with Crippen LogP contribution in [0.4, 0.5) is 0 Å². The van der Waals surface area contributed by atoms with E-state index in [1.54, 1.807) is 6.26 Å². The molecule has 0 aliphatic heterocycles. The predicted octanol–water partition coefficient (Wildman–Crippen LogP) is 4.09. The summed E-state index contributed by atoms with van der Waals surface area (Å²) in [5, 5.41) is 3.68. The maximum Gasteiger partial charge on any atom is 0.0934 e.